The number of hydrogen-bond acceptors (Lipinski definition) is 8. The highest BCUT2D eigenvalue weighted by Crippen LogP contribution is 2.35. The summed E-state index contributed by atoms with van der Waals surface area (Å²) >= 11 is 0. The van der Waals surface area contributed by atoms with Gasteiger partial charge in [0, 0.05) is 30.4 Å². The monoisotopic (exact) mass is 559 g/mol. The first-order valence-corrected chi connectivity index (χ1v) is 13.6. The number of likely N-dealkylation sites (tertiary alicyclic amines) is 1. The third-order valence-electron chi connectivity index (χ3n) is 7.45. The molecule has 1 aliphatic heterocycles. The zero-order valence-corrected chi connectivity index (χ0v) is 22.7. The van der Waals surface area contributed by atoms with Crippen molar-refractivity contribution in [2.45, 2.75) is 18.6 Å². The first-order valence-electron chi connectivity index (χ1n) is 13.6. The molecule has 1 aliphatic rings. The number of imidazole rings is 1. The molecule has 4 heterocycles. The van der Waals surface area contributed by atoms with Gasteiger partial charge in [-0.2, -0.15) is 0 Å². The van der Waals surface area contributed by atoms with Crippen LogP contribution in [0.1, 0.15) is 33.3 Å². The van der Waals surface area contributed by atoms with E-state index in [2.05, 4.69) is 26.3 Å². The summed E-state index contributed by atoms with van der Waals surface area (Å²) in [5.74, 6) is 0.472. The maximum Gasteiger partial charge on any atom is 0.251 e. The van der Waals surface area contributed by atoms with Gasteiger partial charge in [0.25, 0.3) is 5.91 Å². The lowest BCUT2D eigenvalue weighted by Gasteiger charge is -2.45. The van der Waals surface area contributed by atoms with Crippen LogP contribution in [-0.2, 0) is 0 Å². The van der Waals surface area contributed by atoms with Crippen LogP contribution >= 0.6 is 0 Å². The van der Waals surface area contributed by atoms with Crippen molar-refractivity contribution >= 4 is 29.2 Å². The van der Waals surface area contributed by atoms with E-state index in [1.165, 1.54) is 18.2 Å². The van der Waals surface area contributed by atoms with Gasteiger partial charge in [-0.3, -0.25) is 19.1 Å². The second-order valence-corrected chi connectivity index (χ2v) is 10.2. The van der Waals surface area contributed by atoms with Crippen molar-refractivity contribution in [1.29, 1.82) is 0 Å². The predicted molar refractivity (Wildman–Crippen MR) is 161 cm³/mol. The number of phenolic OH excluding ortho intramolecular Hbond substituents is 1. The van der Waals surface area contributed by atoms with Crippen molar-refractivity contribution in [2.75, 3.05) is 18.8 Å². The smallest absolute Gasteiger partial charge is 0.251 e. The van der Waals surface area contributed by atoms with Crippen molar-refractivity contribution in [2.24, 2.45) is 0 Å². The molecule has 10 heteroatoms. The number of aromatic nitrogens is 4. The van der Waals surface area contributed by atoms with Gasteiger partial charge in [-0.25, -0.2) is 15.0 Å². The third kappa shape index (κ3) is 4.99. The minimum absolute atomic E-state index is 0.118. The molecule has 1 unspecified atom stereocenters. The van der Waals surface area contributed by atoms with Crippen molar-refractivity contribution in [1.82, 2.24) is 29.7 Å². The summed E-state index contributed by atoms with van der Waals surface area (Å²) in [6.45, 7) is 5.15. The summed E-state index contributed by atoms with van der Waals surface area (Å²) in [4.78, 5) is 40.4. The molecule has 1 amide bonds. The Hall–Kier alpha value is -5.35. The molecule has 42 heavy (non-hydrogen) atoms. The van der Waals surface area contributed by atoms with Gasteiger partial charge in [0.15, 0.2) is 11.9 Å². The molecule has 6 rings (SSSR count). The average molecular weight is 560 g/mol. The van der Waals surface area contributed by atoms with Crippen LogP contribution in [0.15, 0.2) is 91.6 Å². The second-order valence-electron chi connectivity index (χ2n) is 10.2. The summed E-state index contributed by atoms with van der Waals surface area (Å²) in [5, 5.41) is 13.0. The standard InChI is InChI=1S/C32H29N7O3/c1-2-7-28(38-17-23(18-38)35-32(42)21-11-12-22(19-40)27(41)16-21)39-30(24-10-6-15-34-29(24)33)37-26-14-13-25(36-31(26)39)20-8-4-3-5-9-20/h2-6,8-16,19,23,28,41H,1,7,17-18H2,(H2,33,34)(H,35,42). The topological polar surface area (TPSA) is 139 Å². The maximum absolute atomic E-state index is 12.9. The van der Waals surface area contributed by atoms with Crippen LogP contribution < -0.4 is 11.1 Å². The Balaban J connectivity index is 1.33. The van der Waals surface area contributed by atoms with Crippen LogP contribution in [0.2, 0.25) is 0 Å². The number of nitrogens with two attached hydrogens (primary N) is 1. The van der Waals surface area contributed by atoms with E-state index >= 15 is 0 Å². The number of amides is 1. The van der Waals surface area contributed by atoms with Gasteiger partial charge in [0.2, 0.25) is 0 Å². The molecule has 0 spiro atoms. The number of fused-ring (bicyclic) bond motifs is 1. The Morgan fingerprint density at radius 1 is 1.10 bits per heavy atom. The summed E-state index contributed by atoms with van der Waals surface area (Å²) in [7, 11) is 0. The molecule has 0 saturated carbocycles. The zero-order chi connectivity index (χ0) is 29.2. The third-order valence-corrected chi connectivity index (χ3v) is 7.45. The Morgan fingerprint density at radius 2 is 1.90 bits per heavy atom. The molecule has 3 aromatic heterocycles. The average Bonchev–Trinajstić information content (AvgIpc) is 3.36. The van der Waals surface area contributed by atoms with Gasteiger partial charge in [0.1, 0.15) is 22.9 Å². The number of pyridine rings is 2. The lowest BCUT2D eigenvalue weighted by atomic mass is 10.0. The van der Waals surface area contributed by atoms with Crippen molar-refractivity contribution in [3.8, 4) is 28.4 Å². The van der Waals surface area contributed by atoms with Crippen LogP contribution in [0.5, 0.6) is 5.75 Å². The Labute approximate surface area is 242 Å². The molecule has 1 atom stereocenters. The van der Waals surface area contributed by atoms with Gasteiger partial charge >= 0.3 is 0 Å². The van der Waals surface area contributed by atoms with E-state index < -0.39 is 0 Å². The van der Waals surface area contributed by atoms with E-state index in [0.717, 1.165) is 16.8 Å². The molecule has 4 N–H and O–H groups in total. The molecule has 10 nitrogen and oxygen atoms in total. The summed E-state index contributed by atoms with van der Waals surface area (Å²) < 4.78 is 2.09. The van der Waals surface area contributed by atoms with Gasteiger partial charge in [-0.15, -0.1) is 6.58 Å². The van der Waals surface area contributed by atoms with Crippen LogP contribution in [0.3, 0.4) is 0 Å². The number of nitrogen functional groups attached to an aromatic ring is 1. The number of nitrogens with one attached hydrogen (secondary N) is 1. The second kappa shape index (κ2) is 11.3. The number of carbonyl (C=O) groups excluding carboxylic acids is 2. The van der Waals surface area contributed by atoms with E-state index in [0.29, 0.717) is 48.6 Å². The van der Waals surface area contributed by atoms with Crippen LogP contribution in [0.4, 0.5) is 5.82 Å². The van der Waals surface area contributed by atoms with Crippen molar-refractivity contribution < 1.29 is 14.7 Å². The van der Waals surface area contributed by atoms with E-state index in [1.54, 1.807) is 6.20 Å². The van der Waals surface area contributed by atoms with Crippen molar-refractivity contribution in [3.63, 3.8) is 0 Å². The van der Waals surface area contributed by atoms with E-state index in [1.807, 2.05) is 60.7 Å². The summed E-state index contributed by atoms with van der Waals surface area (Å²) in [6.07, 6.45) is 4.44. The van der Waals surface area contributed by atoms with Gasteiger partial charge in [-0.1, -0.05) is 36.4 Å². The first kappa shape index (κ1) is 26.9. The van der Waals surface area contributed by atoms with E-state index in [9.17, 15) is 14.7 Å². The molecular formula is C32H29N7O3. The number of aldehydes is 1. The molecule has 0 aliphatic carbocycles. The highest BCUT2D eigenvalue weighted by atomic mass is 16.3. The number of aromatic hydroxyl groups is 1. The Morgan fingerprint density at radius 3 is 2.62 bits per heavy atom. The largest absolute Gasteiger partial charge is 0.507 e. The molecule has 2 aromatic carbocycles. The van der Waals surface area contributed by atoms with Crippen LogP contribution in [0.25, 0.3) is 33.8 Å². The number of benzene rings is 2. The fourth-order valence-electron chi connectivity index (χ4n) is 5.29. The Kier molecular flexibility index (Phi) is 7.20. The van der Waals surface area contributed by atoms with Crippen molar-refractivity contribution in [3.05, 3.63) is 103 Å². The maximum atomic E-state index is 12.9. The highest BCUT2D eigenvalue weighted by Gasteiger charge is 2.36. The number of phenols is 1. The first-order chi connectivity index (χ1) is 20.5. The number of carbonyl (C=O) groups is 2. The molecule has 0 bridgehead atoms. The SMILES string of the molecule is C=CCC(N1CC(NC(=O)c2ccc(C=O)c(O)c2)C1)n1c(-c2cccnc2N)nc2ccc(-c3ccccc3)nc21. The number of nitrogens with zero attached hydrogens (tertiary/aromatic N) is 5. The fraction of sp³-hybridized carbons (Fsp3) is 0.156. The number of rotatable bonds is 9. The Bertz CT molecular complexity index is 1800. The lowest BCUT2D eigenvalue weighted by Crippen LogP contribution is -2.60. The summed E-state index contributed by atoms with van der Waals surface area (Å²) in [5.41, 5.74) is 10.7. The van der Waals surface area contributed by atoms with Gasteiger partial charge in [0.05, 0.1) is 29.0 Å². The fourth-order valence-corrected chi connectivity index (χ4v) is 5.29. The summed E-state index contributed by atoms with van der Waals surface area (Å²) in [6, 6.07) is 21.7. The highest BCUT2D eigenvalue weighted by molar-refractivity contribution is 5.96. The lowest BCUT2D eigenvalue weighted by molar-refractivity contribution is 0.0397. The minimum atomic E-state index is -0.321. The molecule has 1 saturated heterocycles. The molecule has 210 valence electrons. The van der Waals surface area contributed by atoms with Gasteiger partial charge < -0.3 is 16.2 Å². The zero-order valence-electron chi connectivity index (χ0n) is 22.7. The molecular weight excluding hydrogens is 530 g/mol. The predicted octanol–water partition coefficient (Wildman–Crippen LogP) is 4.45. The quantitative estimate of drug-likeness (QED) is 0.178. The van der Waals surface area contributed by atoms with Gasteiger partial charge in [-0.05, 0) is 48.9 Å². The van der Waals surface area contributed by atoms with Crippen LogP contribution in [0, 0.1) is 0 Å². The normalized spacial score (nSPS) is 14.3. The molecule has 1 fully saturated rings. The molecule has 0 radical (unpaired) electrons. The van der Waals surface area contributed by atoms with E-state index in [4.69, 9.17) is 15.7 Å². The van der Waals surface area contributed by atoms with Crippen LogP contribution in [-0.4, -0.2) is 60.9 Å². The number of anilines is 1. The number of hydrogen-bond donors (Lipinski definition) is 3. The minimum Gasteiger partial charge on any atom is -0.507 e. The molecule has 5 aromatic rings. The van der Waals surface area contributed by atoms with E-state index in [-0.39, 0.29) is 35.0 Å².